The third-order valence-corrected chi connectivity index (χ3v) is 4.96. The van der Waals surface area contributed by atoms with Crippen LogP contribution in [0.2, 0.25) is 0 Å². The van der Waals surface area contributed by atoms with Gasteiger partial charge in [-0.05, 0) is 24.1 Å². The average molecular weight is 339 g/mol. The molecule has 7 heteroatoms. The maximum absolute atomic E-state index is 12.8. The van der Waals surface area contributed by atoms with Crippen LogP contribution in [0.25, 0.3) is 0 Å². The third kappa shape index (κ3) is 3.46. The van der Waals surface area contributed by atoms with Crippen LogP contribution in [0.3, 0.4) is 0 Å². The van der Waals surface area contributed by atoms with Crippen molar-refractivity contribution in [1.82, 2.24) is 20.3 Å². The zero-order valence-corrected chi connectivity index (χ0v) is 13.9. The number of nitrogens with zero attached hydrogens (tertiary/aromatic N) is 4. The number of piperidine rings is 1. The topological polar surface area (TPSA) is 80.2 Å². The van der Waals surface area contributed by atoms with E-state index in [1.165, 1.54) is 0 Å². The van der Waals surface area contributed by atoms with Crippen molar-refractivity contribution < 1.29 is 9.53 Å². The number of fused-ring (bicyclic) bond motifs is 1. The van der Waals surface area contributed by atoms with Gasteiger partial charge >= 0.3 is 0 Å². The van der Waals surface area contributed by atoms with Crippen molar-refractivity contribution in [3.05, 3.63) is 48.5 Å². The van der Waals surface area contributed by atoms with Crippen LogP contribution in [0.5, 0.6) is 0 Å². The lowest BCUT2D eigenvalue weighted by Gasteiger charge is -2.39. The molecule has 0 bridgehead atoms. The first-order valence-corrected chi connectivity index (χ1v) is 8.61. The van der Waals surface area contributed by atoms with Gasteiger partial charge in [-0.3, -0.25) is 9.78 Å². The molecular formula is C18H21N5O2. The lowest BCUT2D eigenvalue weighted by atomic mass is 9.82. The van der Waals surface area contributed by atoms with Gasteiger partial charge in [0.15, 0.2) is 0 Å². The number of aromatic nitrogens is 3. The van der Waals surface area contributed by atoms with Gasteiger partial charge in [0.25, 0.3) is 0 Å². The molecule has 0 radical (unpaired) electrons. The Labute approximate surface area is 146 Å². The van der Waals surface area contributed by atoms with Gasteiger partial charge < -0.3 is 15.0 Å². The van der Waals surface area contributed by atoms with Crippen molar-refractivity contribution in [2.24, 2.45) is 11.8 Å². The van der Waals surface area contributed by atoms with E-state index in [0.717, 1.165) is 18.5 Å². The highest BCUT2D eigenvalue weighted by molar-refractivity contribution is 5.80. The highest BCUT2D eigenvalue weighted by atomic mass is 16.5. The molecule has 2 fully saturated rings. The molecular weight excluding hydrogens is 318 g/mol. The summed E-state index contributed by atoms with van der Waals surface area (Å²) < 4.78 is 5.86. The monoisotopic (exact) mass is 339 g/mol. The predicted octanol–water partition coefficient (Wildman–Crippen LogP) is 1.03. The number of anilines is 1. The molecule has 2 aromatic heterocycles. The molecule has 0 saturated carbocycles. The normalized spacial score (nSPS) is 25.4. The molecule has 2 aliphatic rings. The number of hydrogen-bond donors (Lipinski definition) is 1. The molecule has 4 heterocycles. The predicted molar refractivity (Wildman–Crippen MR) is 91.7 cm³/mol. The first kappa shape index (κ1) is 16.0. The first-order chi connectivity index (χ1) is 12.3. The molecule has 2 aliphatic heterocycles. The van der Waals surface area contributed by atoms with Crippen molar-refractivity contribution in [2.75, 3.05) is 24.6 Å². The second-order valence-electron chi connectivity index (χ2n) is 6.50. The van der Waals surface area contributed by atoms with Gasteiger partial charge in [-0.2, -0.15) is 0 Å². The van der Waals surface area contributed by atoms with E-state index in [4.69, 9.17) is 4.74 Å². The molecule has 0 aliphatic carbocycles. The van der Waals surface area contributed by atoms with Crippen molar-refractivity contribution in [3.8, 4) is 0 Å². The molecule has 7 nitrogen and oxygen atoms in total. The molecule has 0 aromatic carbocycles. The molecule has 1 amide bonds. The van der Waals surface area contributed by atoms with Crippen LogP contribution in [0.1, 0.15) is 12.0 Å². The van der Waals surface area contributed by atoms with E-state index in [2.05, 4.69) is 25.2 Å². The Morgan fingerprint density at radius 3 is 2.92 bits per heavy atom. The number of carbonyl (C=O) groups is 1. The Kier molecular flexibility index (Phi) is 4.56. The maximum atomic E-state index is 12.8. The van der Waals surface area contributed by atoms with Crippen molar-refractivity contribution in [1.29, 1.82) is 0 Å². The van der Waals surface area contributed by atoms with Gasteiger partial charge in [0.1, 0.15) is 0 Å². The summed E-state index contributed by atoms with van der Waals surface area (Å²) in [5.41, 5.74) is 0.995. The fraction of sp³-hybridized carbons (Fsp3) is 0.444. The lowest BCUT2D eigenvalue weighted by Crippen LogP contribution is -2.53. The smallest absolute Gasteiger partial charge is 0.225 e. The van der Waals surface area contributed by atoms with E-state index in [1.807, 2.05) is 12.1 Å². The molecule has 25 heavy (non-hydrogen) atoms. The van der Waals surface area contributed by atoms with Crippen LogP contribution in [-0.2, 0) is 16.1 Å². The second kappa shape index (κ2) is 7.14. The fourth-order valence-corrected chi connectivity index (χ4v) is 3.70. The minimum Gasteiger partial charge on any atom is -0.376 e. The van der Waals surface area contributed by atoms with Crippen LogP contribution in [0.4, 0.5) is 5.95 Å². The SMILES string of the molecule is O=C(NCc1cccnc1)[C@@H]1CN(c2ncccn2)C[C@@H]2OCC[C@@H]21. The first-order valence-electron chi connectivity index (χ1n) is 8.61. The number of nitrogens with one attached hydrogen (secondary N) is 1. The summed E-state index contributed by atoms with van der Waals surface area (Å²) in [5.74, 6) is 0.849. The Morgan fingerprint density at radius 1 is 1.24 bits per heavy atom. The van der Waals surface area contributed by atoms with E-state index in [0.29, 0.717) is 25.6 Å². The Hall–Kier alpha value is -2.54. The standard InChI is InChI=1S/C18H21N5O2/c24-17(22-10-13-3-1-5-19-9-13)15-11-23(18-20-6-2-7-21-18)12-16-14(15)4-8-25-16/h1-3,5-7,9,14-16H,4,8,10-12H2,(H,22,24)/t14-,15-,16+/m1/s1. The third-order valence-electron chi connectivity index (χ3n) is 4.96. The summed E-state index contributed by atoms with van der Waals surface area (Å²) in [4.78, 5) is 27.6. The molecule has 1 N–H and O–H groups in total. The minimum absolute atomic E-state index is 0.0602. The zero-order chi connectivity index (χ0) is 17.1. The van der Waals surface area contributed by atoms with Crippen LogP contribution >= 0.6 is 0 Å². The van der Waals surface area contributed by atoms with E-state index in [1.54, 1.807) is 30.9 Å². The minimum atomic E-state index is -0.123. The second-order valence-corrected chi connectivity index (χ2v) is 6.50. The average Bonchev–Trinajstić information content (AvgIpc) is 3.15. The number of carbonyl (C=O) groups excluding carboxylic acids is 1. The van der Waals surface area contributed by atoms with E-state index in [-0.39, 0.29) is 23.8 Å². The summed E-state index contributed by atoms with van der Waals surface area (Å²) in [6.45, 7) is 2.56. The van der Waals surface area contributed by atoms with Gasteiger partial charge in [-0.25, -0.2) is 9.97 Å². The van der Waals surface area contributed by atoms with E-state index >= 15 is 0 Å². The molecule has 2 aromatic rings. The van der Waals surface area contributed by atoms with Gasteiger partial charge in [-0.1, -0.05) is 6.07 Å². The zero-order valence-electron chi connectivity index (χ0n) is 13.9. The maximum Gasteiger partial charge on any atom is 0.225 e. The lowest BCUT2D eigenvalue weighted by molar-refractivity contribution is -0.128. The molecule has 4 rings (SSSR count). The molecule has 2 saturated heterocycles. The van der Waals surface area contributed by atoms with Gasteiger partial charge in [0, 0.05) is 56.9 Å². The Morgan fingerprint density at radius 2 is 2.12 bits per heavy atom. The summed E-state index contributed by atoms with van der Waals surface area (Å²) in [6, 6.07) is 5.62. The van der Waals surface area contributed by atoms with Crippen molar-refractivity contribution >= 4 is 11.9 Å². The number of pyridine rings is 1. The summed E-state index contributed by atoms with van der Waals surface area (Å²) in [7, 11) is 0. The molecule has 130 valence electrons. The number of amides is 1. The fourth-order valence-electron chi connectivity index (χ4n) is 3.70. The molecule has 0 spiro atoms. The van der Waals surface area contributed by atoms with E-state index < -0.39 is 0 Å². The van der Waals surface area contributed by atoms with Crippen LogP contribution in [-0.4, -0.2) is 46.7 Å². The van der Waals surface area contributed by atoms with Gasteiger partial charge in [0.05, 0.1) is 12.0 Å². The Balaban J connectivity index is 1.47. The summed E-state index contributed by atoms with van der Waals surface area (Å²) in [6.07, 6.45) is 7.94. The summed E-state index contributed by atoms with van der Waals surface area (Å²) >= 11 is 0. The number of hydrogen-bond acceptors (Lipinski definition) is 6. The highest BCUT2D eigenvalue weighted by Crippen LogP contribution is 2.34. The quantitative estimate of drug-likeness (QED) is 0.896. The van der Waals surface area contributed by atoms with Crippen molar-refractivity contribution in [3.63, 3.8) is 0 Å². The Bertz CT molecular complexity index is 712. The molecule has 3 atom stereocenters. The van der Waals surface area contributed by atoms with Crippen LogP contribution in [0, 0.1) is 11.8 Å². The van der Waals surface area contributed by atoms with Gasteiger partial charge in [0.2, 0.25) is 11.9 Å². The van der Waals surface area contributed by atoms with Crippen LogP contribution < -0.4 is 10.2 Å². The van der Waals surface area contributed by atoms with Gasteiger partial charge in [-0.15, -0.1) is 0 Å². The number of rotatable bonds is 4. The summed E-state index contributed by atoms with van der Waals surface area (Å²) in [5, 5.41) is 3.05. The van der Waals surface area contributed by atoms with Crippen LogP contribution in [0.15, 0.2) is 43.0 Å². The number of ether oxygens (including phenoxy) is 1. The van der Waals surface area contributed by atoms with Crippen molar-refractivity contribution in [2.45, 2.75) is 19.1 Å². The highest BCUT2D eigenvalue weighted by Gasteiger charge is 2.44. The molecule has 0 unspecified atom stereocenters. The van der Waals surface area contributed by atoms with E-state index in [9.17, 15) is 4.79 Å². The largest absolute Gasteiger partial charge is 0.376 e.